The lowest BCUT2D eigenvalue weighted by molar-refractivity contribution is -0.132. The Hall–Kier alpha value is -3.68. The predicted molar refractivity (Wildman–Crippen MR) is 138 cm³/mol. The largest absolute Gasteiger partial charge is 0.507 e. The lowest BCUT2D eigenvalue weighted by Crippen LogP contribution is -2.29. The Morgan fingerprint density at radius 2 is 1.83 bits per heavy atom. The molecule has 6 nitrogen and oxygen atoms in total. The van der Waals surface area contributed by atoms with Crippen LogP contribution in [0.5, 0.6) is 5.75 Å². The van der Waals surface area contributed by atoms with E-state index in [9.17, 15) is 14.7 Å². The van der Waals surface area contributed by atoms with E-state index in [1.165, 1.54) is 23.3 Å². The first-order valence-corrected chi connectivity index (χ1v) is 12.1. The highest BCUT2D eigenvalue weighted by atomic mass is 35.5. The Balaban J connectivity index is 1.74. The normalized spacial score (nSPS) is 17.4. The zero-order valence-electron chi connectivity index (χ0n) is 19.2. The minimum Gasteiger partial charge on any atom is -0.507 e. The predicted octanol–water partition coefficient (Wildman–Crippen LogP) is 6.20. The fraction of sp³-hybridized carbons (Fsp3) is 0.148. The Bertz CT molecular complexity index is 1520. The first-order valence-electron chi connectivity index (χ1n) is 10.9. The molecule has 4 aromatic rings. The number of ether oxygens (including phenoxy) is 1. The van der Waals surface area contributed by atoms with Crippen molar-refractivity contribution in [3.8, 4) is 5.75 Å². The summed E-state index contributed by atoms with van der Waals surface area (Å²) in [7, 11) is 1.52. The molecule has 0 radical (unpaired) electrons. The fourth-order valence-electron chi connectivity index (χ4n) is 4.38. The van der Waals surface area contributed by atoms with E-state index in [-0.39, 0.29) is 11.3 Å². The van der Waals surface area contributed by atoms with Gasteiger partial charge in [-0.05, 0) is 60.9 Å². The van der Waals surface area contributed by atoms with E-state index in [2.05, 4.69) is 0 Å². The van der Waals surface area contributed by atoms with Crippen LogP contribution >= 0.6 is 22.9 Å². The van der Waals surface area contributed by atoms with Gasteiger partial charge < -0.3 is 9.84 Å². The number of aliphatic hydroxyl groups excluding tert-OH is 1. The maximum Gasteiger partial charge on any atom is 0.301 e. The number of halogens is 1. The molecular formula is C27H21ClN2O4S. The number of aryl methyl sites for hydroxylation is 2. The second-order valence-corrected chi connectivity index (χ2v) is 9.82. The standard InChI is InChI=1S/C27H21ClN2O4S/c1-14-11-15(2)22-20(12-14)35-27(29-22)30-23(16-7-9-18(28)10-8-16)21(25(32)26(30)33)24(31)17-5-4-6-19(13-17)34-3/h4-13,23,31H,1-3H3/t23-/m0/s1. The molecule has 2 heterocycles. The van der Waals surface area contributed by atoms with Crippen molar-refractivity contribution in [2.75, 3.05) is 12.0 Å². The van der Waals surface area contributed by atoms with Crippen molar-refractivity contribution < 1.29 is 19.4 Å². The molecule has 3 aromatic carbocycles. The molecule has 176 valence electrons. The molecule has 5 rings (SSSR count). The lowest BCUT2D eigenvalue weighted by atomic mass is 9.95. The summed E-state index contributed by atoms with van der Waals surface area (Å²) in [6.45, 7) is 3.96. The number of Topliss-reactive ketones (excluding diaryl/α,β-unsaturated/α-hetero) is 1. The van der Waals surface area contributed by atoms with Gasteiger partial charge in [-0.15, -0.1) is 0 Å². The van der Waals surface area contributed by atoms with Crippen LogP contribution in [0.3, 0.4) is 0 Å². The summed E-state index contributed by atoms with van der Waals surface area (Å²) < 4.78 is 6.18. The van der Waals surface area contributed by atoms with Crippen molar-refractivity contribution in [2.45, 2.75) is 19.9 Å². The van der Waals surface area contributed by atoms with Crippen LogP contribution in [0.1, 0.15) is 28.3 Å². The third-order valence-electron chi connectivity index (χ3n) is 6.00. The smallest absolute Gasteiger partial charge is 0.301 e. The highest BCUT2D eigenvalue weighted by Gasteiger charge is 2.48. The second kappa shape index (κ2) is 8.83. The SMILES string of the molecule is COc1cccc(C(O)=C2C(=O)C(=O)N(c3nc4c(C)cc(C)cc4s3)[C@H]2c2ccc(Cl)cc2)c1. The van der Waals surface area contributed by atoms with Gasteiger partial charge in [0.2, 0.25) is 0 Å². The van der Waals surface area contributed by atoms with E-state index < -0.39 is 17.7 Å². The van der Waals surface area contributed by atoms with Crippen molar-refractivity contribution in [3.63, 3.8) is 0 Å². The minimum absolute atomic E-state index is 0.0160. The molecule has 1 atom stereocenters. The monoisotopic (exact) mass is 504 g/mol. The topological polar surface area (TPSA) is 79.7 Å². The van der Waals surface area contributed by atoms with Crippen LogP contribution in [-0.4, -0.2) is 28.9 Å². The number of fused-ring (bicyclic) bond motifs is 1. The van der Waals surface area contributed by atoms with Crippen LogP contribution < -0.4 is 9.64 Å². The summed E-state index contributed by atoms with van der Waals surface area (Å²) in [6.07, 6.45) is 0. The number of hydrogen-bond acceptors (Lipinski definition) is 6. The van der Waals surface area contributed by atoms with Crippen molar-refractivity contribution >= 4 is 55.7 Å². The average molecular weight is 505 g/mol. The number of aromatic nitrogens is 1. The van der Waals surface area contributed by atoms with Crippen molar-refractivity contribution in [3.05, 3.63) is 93.5 Å². The molecule has 1 N–H and O–H groups in total. The fourth-order valence-corrected chi connectivity index (χ4v) is 5.67. The number of nitrogens with zero attached hydrogens (tertiary/aromatic N) is 2. The first kappa shape index (κ1) is 23.1. The molecule has 1 aliphatic rings. The zero-order chi connectivity index (χ0) is 24.9. The zero-order valence-corrected chi connectivity index (χ0v) is 20.8. The number of anilines is 1. The summed E-state index contributed by atoms with van der Waals surface area (Å²) in [5, 5.41) is 12.2. The quantitative estimate of drug-likeness (QED) is 0.203. The summed E-state index contributed by atoms with van der Waals surface area (Å²) in [5.41, 5.74) is 3.83. The van der Waals surface area contributed by atoms with Gasteiger partial charge in [0.15, 0.2) is 5.13 Å². The third-order valence-corrected chi connectivity index (χ3v) is 7.25. The molecule has 1 aliphatic heterocycles. The second-order valence-electron chi connectivity index (χ2n) is 8.38. The molecular weight excluding hydrogens is 484 g/mol. The molecule has 8 heteroatoms. The highest BCUT2D eigenvalue weighted by Crippen LogP contribution is 2.45. The van der Waals surface area contributed by atoms with Gasteiger partial charge in [-0.1, -0.05) is 53.3 Å². The Labute approximate surface area is 211 Å². The van der Waals surface area contributed by atoms with Gasteiger partial charge in [-0.3, -0.25) is 14.5 Å². The number of ketones is 1. The van der Waals surface area contributed by atoms with Crippen LogP contribution in [-0.2, 0) is 9.59 Å². The number of thiazole rings is 1. The molecule has 1 amide bonds. The molecule has 0 bridgehead atoms. The van der Waals surface area contributed by atoms with Crippen LogP contribution in [0.2, 0.25) is 5.02 Å². The molecule has 1 saturated heterocycles. The summed E-state index contributed by atoms with van der Waals surface area (Å²) >= 11 is 7.45. The molecule has 35 heavy (non-hydrogen) atoms. The van der Waals surface area contributed by atoms with Gasteiger partial charge in [-0.25, -0.2) is 4.98 Å². The van der Waals surface area contributed by atoms with Gasteiger partial charge in [0, 0.05) is 10.6 Å². The van der Waals surface area contributed by atoms with Crippen LogP contribution in [0, 0.1) is 13.8 Å². The van der Waals surface area contributed by atoms with E-state index in [0.29, 0.717) is 27.0 Å². The highest BCUT2D eigenvalue weighted by molar-refractivity contribution is 7.22. The Morgan fingerprint density at radius 3 is 2.54 bits per heavy atom. The summed E-state index contributed by atoms with van der Waals surface area (Å²) in [5.74, 6) is -1.29. The van der Waals surface area contributed by atoms with E-state index in [4.69, 9.17) is 21.3 Å². The lowest BCUT2D eigenvalue weighted by Gasteiger charge is -2.23. The minimum atomic E-state index is -0.875. The number of methoxy groups -OCH3 is 1. The number of carbonyl (C=O) groups excluding carboxylic acids is 2. The molecule has 1 aromatic heterocycles. The molecule has 0 aliphatic carbocycles. The van der Waals surface area contributed by atoms with E-state index >= 15 is 0 Å². The Morgan fingerprint density at radius 1 is 1.09 bits per heavy atom. The first-order chi connectivity index (χ1) is 16.8. The van der Waals surface area contributed by atoms with E-state index in [0.717, 1.165) is 21.3 Å². The van der Waals surface area contributed by atoms with Gasteiger partial charge in [0.25, 0.3) is 5.78 Å². The number of amides is 1. The van der Waals surface area contributed by atoms with Crippen LogP contribution in [0.4, 0.5) is 5.13 Å². The summed E-state index contributed by atoms with van der Waals surface area (Å²) in [6, 6.07) is 16.7. The van der Waals surface area contributed by atoms with Gasteiger partial charge in [0.05, 0.1) is 28.9 Å². The maximum absolute atomic E-state index is 13.4. The number of rotatable bonds is 4. The number of benzene rings is 3. The van der Waals surface area contributed by atoms with Crippen molar-refractivity contribution in [2.24, 2.45) is 0 Å². The van der Waals surface area contributed by atoms with Gasteiger partial charge in [-0.2, -0.15) is 0 Å². The van der Waals surface area contributed by atoms with Gasteiger partial charge >= 0.3 is 5.91 Å². The number of aliphatic hydroxyl groups is 1. The van der Waals surface area contributed by atoms with Crippen LogP contribution in [0.15, 0.2) is 66.2 Å². The molecule has 0 spiro atoms. The van der Waals surface area contributed by atoms with Crippen LogP contribution in [0.25, 0.3) is 16.0 Å². The average Bonchev–Trinajstić information content (AvgIpc) is 3.38. The maximum atomic E-state index is 13.4. The number of carbonyl (C=O) groups is 2. The molecule has 1 fully saturated rings. The van der Waals surface area contributed by atoms with Crippen molar-refractivity contribution in [1.29, 1.82) is 0 Å². The summed E-state index contributed by atoms with van der Waals surface area (Å²) in [4.78, 5) is 32.9. The Kier molecular flexibility index (Phi) is 5.83. The molecule has 0 saturated carbocycles. The third kappa shape index (κ3) is 3.96. The van der Waals surface area contributed by atoms with Crippen molar-refractivity contribution in [1.82, 2.24) is 4.98 Å². The van der Waals surface area contributed by atoms with E-state index in [1.54, 1.807) is 48.5 Å². The molecule has 0 unspecified atom stereocenters. The number of hydrogen-bond donors (Lipinski definition) is 1. The van der Waals surface area contributed by atoms with E-state index in [1.807, 2.05) is 26.0 Å². The van der Waals surface area contributed by atoms with Gasteiger partial charge in [0.1, 0.15) is 11.5 Å².